The average Bonchev–Trinajstić information content (AvgIpc) is 2.59. The van der Waals surface area contributed by atoms with Gasteiger partial charge in [-0.15, -0.1) is 0 Å². The van der Waals surface area contributed by atoms with Gasteiger partial charge in [0.05, 0.1) is 0 Å². The van der Waals surface area contributed by atoms with Gasteiger partial charge in [0, 0.05) is 16.7 Å². The highest BCUT2D eigenvalue weighted by molar-refractivity contribution is 9.10. The molecule has 1 aliphatic carbocycles. The monoisotopic (exact) mass is 295 g/mol. The summed E-state index contributed by atoms with van der Waals surface area (Å²) in [4.78, 5) is 0. The minimum absolute atomic E-state index is 0.871. The van der Waals surface area contributed by atoms with E-state index in [0.29, 0.717) is 0 Å². The van der Waals surface area contributed by atoms with Gasteiger partial charge in [-0.25, -0.2) is 0 Å². The third-order valence-electron chi connectivity index (χ3n) is 3.82. The van der Waals surface area contributed by atoms with E-state index in [9.17, 15) is 0 Å². The maximum Gasteiger partial charge on any atom is 0.0381 e. The number of anilines is 1. The van der Waals surface area contributed by atoms with E-state index in [1.54, 1.807) is 0 Å². The molecule has 0 radical (unpaired) electrons. The molecule has 2 heteroatoms. The molecule has 0 atom stereocenters. The van der Waals surface area contributed by atoms with Crippen LogP contribution in [-0.4, -0.2) is 6.54 Å². The molecule has 2 rings (SSSR count). The summed E-state index contributed by atoms with van der Waals surface area (Å²) in [5.41, 5.74) is 2.60. The minimum atomic E-state index is 0.871. The molecule has 1 aliphatic rings. The molecule has 1 aromatic rings. The van der Waals surface area contributed by atoms with Crippen molar-refractivity contribution >= 4 is 21.6 Å². The number of benzene rings is 1. The molecule has 0 amide bonds. The lowest BCUT2D eigenvalue weighted by atomic mass is 10.0. The van der Waals surface area contributed by atoms with Gasteiger partial charge in [0.1, 0.15) is 0 Å². The first kappa shape index (κ1) is 12.9. The third kappa shape index (κ3) is 3.74. The Morgan fingerprint density at radius 3 is 2.59 bits per heavy atom. The summed E-state index contributed by atoms with van der Waals surface area (Å²) in [6, 6.07) is 6.38. The average molecular weight is 296 g/mol. The van der Waals surface area contributed by atoms with Gasteiger partial charge in [0.2, 0.25) is 0 Å². The second-order valence-corrected chi connectivity index (χ2v) is 6.01. The number of rotatable bonds is 3. The van der Waals surface area contributed by atoms with Gasteiger partial charge >= 0.3 is 0 Å². The summed E-state index contributed by atoms with van der Waals surface area (Å²) >= 11 is 3.58. The van der Waals surface area contributed by atoms with Gasteiger partial charge in [-0.05, 0) is 43.4 Å². The molecule has 0 saturated heterocycles. The molecule has 17 heavy (non-hydrogen) atoms. The van der Waals surface area contributed by atoms with Gasteiger partial charge in [-0.1, -0.05) is 47.7 Å². The van der Waals surface area contributed by atoms with E-state index in [-0.39, 0.29) is 0 Å². The fraction of sp³-hybridized carbons (Fsp3) is 0.600. The van der Waals surface area contributed by atoms with Gasteiger partial charge in [0.15, 0.2) is 0 Å². The molecule has 1 N–H and O–H groups in total. The SMILES string of the molecule is Cc1c(Br)cccc1NCC1CCCCCC1. The van der Waals surface area contributed by atoms with Gasteiger partial charge in [0.25, 0.3) is 0 Å². The topological polar surface area (TPSA) is 12.0 Å². The van der Waals surface area contributed by atoms with Crippen LogP contribution < -0.4 is 5.32 Å². The second-order valence-electron chi connectivity index (χ2n) is 5.15. The van der Waals surface area contributed by atoms with Crippen molar-refractivity contribution in [1.29, 1.82) is 0 Å². The molecule has 1 saturated carbocycles. The Bertz CT molecular complexity index is 354. The first-order valence-corrected chi connectivity index (χ1v) is 7.55. The van der Waals surface area contributed by atoms with Crippen LogP contribution in [0.3, 0.4) is 0 Å². The first-order chi connectivity index (χ1) is 8.27. The fourth-order valence-corrected chi connectivity index (χ4v) is 2.99. The van der Waals surface area contributed by atoms with Crippen LogP contribution in [0.2, 0.25) is 0 Å². The van der Waals surface area contributed by atoms with E-state index < -0.39 is 0 Å². The molecule has 1 nitrogen and oxygen atoms in total. The Morgan fingerprint density at radius 1 is 1.18 bits per heavy atom. The summed E-state index contributed by atoms with van der Waals surface area (Å²) in [5, 5.41) is 3.62. The number of nitrogens with one attached hydrogen (secondary N) is 1. The Hall–Kier alpha value is -0.500. The molecule has 1 aromatic carbocycles. The van der Waals surface area contributed by atoms with E-state index in [4.69, 9.17) is 0 Å². The lowest BCUT2D eigenvalue weighted by molar-refractivity contribution is 0.483. The maximum absolute atomic E-state index is 3.62. The fourth-order valence-electron chi connectivity index (χ4n) is 2.62. The van der Waals surface area contributed by atoms with Crippen LogP contribution in [0.4, 0.5) is 5.69 Å². The molecule has 0 aliphatic heterocycles. The van der Waals surface area contributed by atoms with E-state index in [1.807, 2.05) is 0 Å². The van der Waals surface area contributed by atoms with Crippen molar-refractivity contribution in [1.82, 2.24) is 0 Å². The van der Waals surface area contributed by atoms with Crippen LogP contribution in [-0.2, 0) is 0 Å². The zero-order valence-electron chi connectivity index (χ0n) is 10.6. The number of hydrogen-bond donors (Lipinski definition) is 1. The van der Waals surface area contributed by atoms with Crippen LogP contribution >= 0.6 is 15.9 Å². The van der Waals surface area contributed by atoms with Crippen molar-refractivity contribution in [3.8, 4) is 0 Å². The standard InChI is InChI=1S/C15H22BrN/c1-12-14(16)9-6-10-15(12)17-11-13-7-4-2-3-5-8-13/h6,9-10,13,17H,2-5,7-8,11H2,1H3. The van der Waals surface area contributed by atoms with Crippen LogP contribution in [0.25, 0.3) is 0 Å². The third-order valence-corrected chi connectivity index (χ3v) is 4.68. The summed E-state index contributed by atoms with van der Waals surface area (Å²) in [7, 11) is 0. The van der Waals surface area contributed by atoms with Crippen molar-refractivity contribution in [3.63, 3.8) is 0 Å². The predicted molar refractivity (Wildman–Crippen MR) is 78.6 cm³/mol. The molecule has 0 unspecified atom stereocenters. The Morgan fingerprint density at radius 2 is 1.88 bits per heavy atom. The van der Waals surface area contributed by atoms with E-state index in [1.165, 1.54) is 54.2 Å². The molecule has 0 spiro atoms. The van der Waals surface area contributed by atoms with Crippen LogP contribution in [0, 0.1) is 12.8 Å². The zero-order chi connectivity index (χ0) is 12.1. The maximum atomic E-state index is 3.62. The summed E-state index contributed by atoms with van der Waals surface area (Å²) in [6.45, 7) is 3.30. The smallest absolute Gasteiger partial charge is 0.0381 e. The number of hydrogen-bond acceptors (Lipinski definition) is 1. The zero-order valence-corrected chi connectivity index (χ0v) is 12.2. The van der Waals surface area contributed by atoms with Crippen molar-refractivity contribution in [2.24, 2.45) is 5.92 Å². The lowest BCUT2D eigenvalue weighted by Gasteiger charge is -2.17. The molecule has 0 heterocycles. The molecular formula is C15H22BrN. The molecule has 0 bridgehead atoms. The molecular weight excluding hydrogens is 274 g/mol. The van der Waals surface area contributed by atoms with Crippen molar-refractivity contribution in [3.05, 3.63) is 28.2 Å². The highest BCUT2D eigenvalue weighted by Gasteiger charge is 2.12. The highest BCUT2D eigenvalue weighted by Crippen LogP contribution is 2.26. The largest absolute Gasteiger partial charge is 0.385 e. The van der Waals surface area contributed by atoms with E-state index in [2.05, 4.69) is 46.4 Å². The molecule has 94 valence electrons. The normalized spacial score (nSPS) is 17.8. The Kier molecular flexibility index (Phi) is 4.90. The van der Waals surface area contributed by atoms with Crippen molar-refractivity contribution in [2.45, 2.75) is 45.4 Å². The van der Waals surface area contributed by atoms with Gasteiger partial charge in [-0.3, -0.25) is 0 Å². The molecule has 0 aromatic heterocycles. The van der Waals surface area contributed by atoms with Gasteiger partial charge < -0.3 is 5.32 Å². The summed E-state index contributed by atoms with van der Waals surface area (Å²) in [6.07, 6.45) is 8.52. The van der Waals surface area contributed by atoms with Crippen LogP contribution in [0.5, 0.6) is 0 Å². The quantitative estimate of drug-likeness (QED) is 0.761. The van der Waals surface area contributed by atoms with Crippen LogP contribution in [0.15, 0.2) is 22.7 Å². The highest BCUT2D eigenvalue weighted by atomic mass is 79.9. The first-order valence-electron chi connectivity index (χ1n) is 6.76. The summed E-state index contributed by atoms with van der Waals surface area (Å²) in [5.74, 6) is 0.871. The minimum Gasteiger partial charge on any atom is -0.385 e. The van der Waals surface area contributed by atoms with Crippen LogP contribution in [0.1, 0.15) is 44.1 Å². The van der Waals surface area contributed by atoms with Crippen molar-refractivity contribution in [2.75, 3.05) is 11.9 Å². The van der Waals surface area contributed by atoms with E-state index >= 15 is 0 Å². The Balaban J connectivity index is 1.90. The lowest BCUT2D eigenvalue weighted by Crippen LogP contribution is -2.14. The van der Waals surface area contributed by atoms with E-state index in [0.717, 1.165) is 12.5 Å². The van der Waals surface area contributed by atoms with Gasteiger partial charge in [-0.2, -0.15) is 0 Å². The molecule has 1 fully saturated rings. The summed E-state index contributed by atoms with van der Waals surface area (Å²) < 4.78 is 1.20. The Labute approximate surface area is 113 Å². The second kappa shape index (κ2) is 6.44. The van der Waals surface area contributed by atoms with Crippen molar-refractivity contribution < 1.29 is 0 Å². The predicted octanol–water partition coefficient (Wildman–Crippen LogP) is 5.14. The number of halogens is 1.